The fourth-order valence-corrected chi connectivity index (χ4v) is 3.38. The molecular formula is C14H15F2NO3S. The molecule has 0 aliphatic rings. The summed E-state index contributed by atoms with van der Waals surface area (Å²) in [5.41, 5.74) is -2.87. The number of rotatable bonds is 4. The van der Waals surface area contributed by atoms with E-state index in [-0.39, 0.29) is 4.90 Å². The van der Waals surface area contributed by atoms with Crippen LogP contribution in [0, 0.1) is 11.7 Å². The smallest absolute Gasteiger partial charge is 0.367 e. The van der Waals surface area contributed by atoms with E-state index in [2.05, 4.69) is 0 Å². The van der Waals surface area contributed by atoms with Crippen LogP contribution in [0.3, 0.4) is 0 Å². The van der Waals surface area contributed by atoms with Crippen molar-refractivity contribution in [2.75, 3.05) is 0 Å². The van der Waals surface area contributed by atoms with Crippen LogP contribution in [-0.2, 0) is 15.3 Å². The van der Waals surface area contributed by atoms with Gasteiger partial charge in [-0.25, -0.2) is 8.99 Å². The van der Waals surface area contributed by atoms with E-state index in [0.29, 0.717) is 5.76 Å². The lowest BCUT2D eigenvalue weighted by Gasteiger charge is -2.32. The molecule has 0 aliphatic carbocycles. The van der Waals surface area contributed by atoms with E-state index in [1.807, 2.05) is 0 Å². The highest BCUT2D eigenvalue weighted by Crippen LogP contribution is 2.45. The van der Waals surface area contributed by atoms with Gasteiger partial charge < -0.3 is 9.52 Å². The Morgan fingerprint density at radius 1 is 1.19 bits per heavy atom. The lowest BCUT2D eigenvalue weighted by atomic mass is 10.0. The third-order valence-corrected chi connectivity index (χ3v) is 5.28. The minimum absolute atomic E-state index is 0.331. The lowest BCUT2D eigenvalue weighted by molar-refractivity contribution is -0.130. The number of aryl methyl sites for hydroxylation is 1. The molecule has 0 spiro atoms. The van der Waals surface area contributed by atoms with Gasteiger partial charge in [0.2, 0.25) is 0 Å². The fraction of sp³-hybridized carbons (Fsp3) is 0.286. The number of aliphatic hydroxyl groups is 1. The van der Waals surface area contributed by atoms with Gasteiger partial charge in [0.25, 0.3) is 0 Å². The largest absolute Gasteiger partial charge is 0.463 e. The second kappa shape index (κ2) is 4.92. The van der Waals surface area contributed by atoms with Crippen molar-refractivity contribution in [2.24, 2.45) is 0 Å². The molecule has 7 heteroatoms. The van der Waals surface area contributed by atoms with Gasteiger partial charge in [0.15, 0.2) is 5.60 Å². The SMILES string of the molecule is Cc1ccc([C@](C)(O)C(F)(F)[S@](=N)(=O)c2ccccc2)o1. The van der Waals surface area contributed by atoms with Crippen LogP contribution in [0.2, 0.25) is 0 Å². The number of hydrogen-bond acceptors (Lipinski definition) is 4. The maximum Gasteiger partial charge on any atom is 0.367 e. The quantitative estimate of drug-likeness (QED) is 0.907. The first kappa shape index (κ1) is 15.7. The van der Waals surface area contributed by atoms with Crippen molar-refractivity contribution in [1.82, 2.24) is 0 Å². The van der Waals surface area contributed by atoms with Gasteiger partial charge in [-0.3, -0.25) is 0 Å². The second-order valence-corrected chi connectivity index (χ2v) is 6.97. The summed E-state index contributed by atoms with van der Waals surface area (Å²) in [5.74, 6) is -0.0989. The molecule has 0 unspecified atom stereocenters. The minimum atomic E-state index is -4.58. The first-order valence-corrected chi connectivity index (χ1v) is 7.67. The zero-order valence-electron chi connectivity index (χ0n) is 11.5. The predicted octanol–water partition coefficient (Wildman–Crippen LogP) is 3.49. The zero-order valence-corrected chi connectivity index (χ0v) is 12.3. The van der Waals surface area contributed by atoms with Crippen molar-refractivity contribution >= 4 is 9.73 Å². The Morgan fingerprint density at radius 3 is 2.24 bits per heavy atom. The molecule has 0 saturated heterocycles. The molecule has 2 aromatic rings. The highest BCUT2D eigenvalue weighted by atomic mass is 32.2. The molecule has 0 fully saturated rings. The van der Waals surface area contributed by atoms with Crippen molar-refractivity contribution in [3.8, 4) is 0 Å². The van der Waals surface area contributed by atoms with Crippen LogP contribution < -0.4 is 0 Å². The van der Waals surface area contributed by atoms with Crippen molar-refractivity contribution in [3.05, 3.63) is 54.0 Å². The van der Waals surface area contributed by atoms with Crippen molar-refractivity contribution < 1.29 is 22.5 Å². The fourth-order valence-electron chi connectivity index (χ4n) is 1.88. The van der Waals surface area contributed by atoms with Crippen LogP contribution in [0.25, 0.3) is 0 Å². The van der Waals surface area contributed by atoms with E-state index in [1.54, 1.807) is 6.07 Å². The first-order valence-electron chi connectivity index (χ1n) is 6.11. The van der Waals surface area contributed by atoms with Crippen LogP contribution in [-0.4, -0.2) is 14.6 Å². The predicted molar refractivity (Wildman–Crippen MR) is 73.5 cm³/mol. The van der Waals surface area contributed by atoms with Gasteiger partial charge in [0.05, 0.1) is 4.90 Å². The standard InChI is InChI=1S/C14H15F2NO3S/c1-10-8-9-12(20-10)13(2,18)14(15,16)21(17,19)11-6-4-3-5-7-11/h3-9,17-18H,1-2H3/t13-,21+/m0/s1. The summed E-state index contributed by atoms with van der Waals surface area (Å²) in [6, 6.07) is 9.32. The molecule has 2 atom stereocenters. The van der Waals surface area contributed by atoms with Crippen molar-refractivity contribution in [3.63, 3.8) is 0 Å². The van der Waals surface area contributed by atoms with Crippen molar-refractivity contribution in [2.45, 2.75) is 29.6 Å². The van der Waals surface area contributed by atoms with Crippen LogP contribution in [0.5, 0.6) is 0 Å². The summed E-state index contributed by atoms with van der Waals surface area (Å²) in [5, 5.41) is 5.95. The molecule has 0 amide bonds. The topological polar surface area (TPSA) is 74.3 Å². The van der Waals surface area contributed by atoms with Gasteiger partial charge in [-0.05, 0) is 38.1 Å². The van der Waals surface area contributed by atoms with E-state index in [9.17, 15) is 18.1 Å². The number of furan rings is 1. The van der Waals surface area contributed by atoms with E-state index in [1.165, 1.54) is 43.3 Å². The summed E-state index contributed by atoms with van der Waals surface area (Å²) in [6.07, 6.45) is 0. The van der Waals surface area contributed by atoms with Gasteiger partial charge in [-0.1, -0.05) is 18.2 Å². The van der Waals surface area contributed by atoms with E-state index < -0.39 is 26.3 Å². The summed E-state index contributed by atoms with van der Waals surface area (Å²) >= 11 is 0. The molecule has 21 heavy (non-hydrogen) atoms. The summed E-state index contributed by atoms with van der Waals surface area (Å²) in [6.45, 7) is 2.33. The van der Waals surface area contributed by atoms with E-state index in [4.69, 9.17) is 9.20 Å². The average Bonchev–Trinajstić information content (AvgIpc) is 2.86. The molecule has 4 nitrogen and oxygen atoms in total. The zero-order chi connectivity index (χ0) is 15.9. The molecule has 0 radical (unpaired) electrons. The Labute approximate surface area is 121 Å². The molecule has 1 aromatic heterocycles. The van der Waals surface area contributed by atoms with Crippen LogP contribution in [0.15, 0.2) is 51.8 Å². The van der Waals surface area contributed by atoms with E-state index in [0.717, 1.165) is 6.92 Å². The van der Waals surface area contributed by atoms with E-state index >= 15 is 0 Å². The second-order valence-electron chi connectivity index (χ2n) is 4.87. The molecule has 0 saturated carbocycles. The van der Waals surface area contributed by atoms with Gasteiger partial charge in [0.1, 0.15) is 21.2 Å². The normalized spacial score (nSPS) is 18.0. The molecule has 114 valence electrons. The van der Waals surface area contributed by atoms with Gasteiger partial charge >= 0.3 is 5.25 Å². The van der Waals surface area contributed by atoms with Gasteiger partial charge in [0, 0.05) is 0 Å². The number of alkyl halides is 2. The Balaban J connectivity index is 2.55. The number of benzene rings is 1. The molecule has 0 bridgehead atoms. The number of halogens is 2. The molecule has 1 heterocycles. The molecule has 1 aromatic carbocycles. The Hall–Kier alpha value is -1.73. The average molecular weight is 315 g/mol. The third kappa shape index (κ3) is 2.36. The number of nitrogens with one attached hydrogen (secondary N) is 1. The minimum Gasteiger partial charge on any atom is -0.463 e. The van der Waals surface area contributed by atoms with Crippen LogP contribution in [0.1, 0.15) is 18.4 Å². The highest BCUT2D eigenvalue weighted by Gasteiger charge is 2.60. The summed E-state index contributed by atoms with van der Waals surface area (Å²) in [4.78, 5) is -0.349. The lowest BCUT2D eigenvalue weighted by Crippen LogP contribution is -2.48. The van der Waals surface area contributed by atoms with Gasteiger partial charge in [-0.2, -0.15) is 8.78 Å². The highest BCUT2D eigenvalue weighted by molar-refractivity contribution is 7.93. The Kier molecular flexibility index (Phi) is 3.67. The first-order chi connectivity index (χ1) is 9.60. The Morgan fingerprint density at radius 2 is 1.76 bits per heavy atom. The third-order valence-electron chi connectivity index (χ3n) is 3.22. The van der Waals surface area contributed by atoms with Crippen LogP contribution in [0.4, 0.5) is 8.78 Å². The van der Waals surface area contributed by atoms with Crippen molar-refractivity contribution in [1.29, 1.82) is 4.78 Å². The van der Waals surface area contributed by atoms with Gasteiger partial charge in [-0.15, -0.1) is 0 Å². The molecule has 2 N–H and O–H groups in total. The molecule has 2 rings (SSSR count). The number of hydrogen-bond donors (Lipinski definition) is 2. The van der Waals surface area contributed by atoms with Crippen LogP contribution >= 0.6 is 0 Å². The monoisotopic (exact) mass is 315 g/mol. The molecule has 0 aliphatic heterocycles. The maximum absolute atomic E-state index is 14.6. The summed E-state index contributed by atoms with van der Waals surface area (Å²) < 4.78 is 54.2. The molecular weight excluding hydrogens is 300 g/mol. The summed E-state index contributed by atoms with van der Waals surface area (Å²) in [7, 11) is -4.58. The Bertz CT molecular complexity index is 737. The maximum atomic E-state index is 14.6.